The molecule has 2 heterocycles. The Hall–Kier alpha value is -1.67. The van der Waals surface area contributed by atoms with Crippen LogP contribution in [0.2, 0.25) is 0 Å². The lowest BCUT2D eigenvalue weighted by Crippen LogP contribution is -2.49. The first-order valence-corrected chi connectivity index (χ1v) is 9.18. The molecule has 1 saturated heterocycles. The van der Waals surface area contributed by atoms with Crippen LogP contribution in [0.25, 0.3) is 0 Å². The zero-order valence-corrected chi connectivity index (χ0v) is 15.8. The molecule has 0 aromatic carbocycles. The molecule has 0 radical (unpaired) electrons. The largest absolute Gasteiger partial charge is 0.337 e. The molecule has 2 aliphatic carbocycles. The van der Waals surface area contributed by atoms with Gasteiger partial charge in [-0.1, -0.05) is 24.9 Å². The third-order valence-electron chi connectivity index (χ3n) is 6.08. The molecule has 3 fully saturated rings. The summed E-state index contributed by atoms with van der Waals surface area (Å²) >= 11 is 0. The zero-order chi connectivity index (χ0) is 17.7. The second-order valence-electron chi connectivity index (χ2n) is 7.96. The van der Waals surface area contributed by atoms with Gasteiger partial charge in [-0.2, -0.15) is 4.98 Å². The quantitative estimate of drug-likeness (QED) is 0.773. The van der Waals surface area contributed by atoms with Gasteiger partial charge in [-0.3, -0.25) is 9.69 Å². The summed E-state index contributed by atoms with van der Waals surface area (Å²) in [5, 5.41) is 6.90. The molecular weight excluding hydrogens is 358 g/mol. The minimum Gasteiger partial charge on any atom is -0.337 e. The number of nitrogens with zero attached hydrogens (tertiary/aromatic N) is 3. The number of carbonyl (C=O) groups excluding carboxylic acids is 2. The fraction of sp³-hybridized carbons (Fsp3) is 0.765. The molecule has 9 heteroatoms. The van der Waals surface area contributed by atoms with Crippen molar-refractivity contribution in [3.05, 3.63) is 11.7 Å². The number of rotatable bonds is 3. The summed E-state index contributed by atoms with van der Waals surface area (Å²) in [6.45, 7) is 2.18. The number of hydrogen-bond acceptors (Lipinski definition) is 6. The van der Waals surface area contributed by atoms with E-state index in [-0.39, 0.29) is 36.8 Å². The van der Waals surface area contributed by atoms with Gasteiger partial charge in [0.25, 0.3) is 5.91 Å². The van der Waals surface area contributed by atoms with E-state index in [0.29, 0.717) is 24.6 Å². The summed E-state index contributed by atoms with van der Waals surface area (Å²) in [6, 6.07) is -0.373. The number of imide groups is 1. The van der Waals surface area contributed by atoms with Crippen LogP contribution in [0.4, 0.5) is 4.79 Å². The van der Waals surface area contributed by atoms with Crippen molar-refractivity contribution in [3.63, 3.8) is 0 Å². The first-order valence-electron chi connectivity index (χ1n) is 9.18. The molecule has 1 aliphatic heterocycles. The summed E-state index contributed by atoms with van der Waals surface area (Å²) in [4.78, 5) is 30.8. The van der Waals surface area contributed by atoms with Gasteiger partial charge >= 0.3 is 6.03 Å². The third kappa shape index (κ3) is 3.09. The number of halogens is 1. The second-order valence-corrected chi connectivity index (χ2v) is 7.96. The number of hydrogen-bond donors (Lipinski definition) is 2. The topological polar surface area (TPSA) is 114 Å². The van der Waals surface area contributed by atoms with Crippen molar-refractivity contribution in [1.29, 1.82) is 0 Å². The maximum atomic E-state index is 12.9. The lowest BCUT2D eigenvalue weighted by atomic mass is 9.77. The first-order chi connectivity index (χ1) is 11.9. The lowest BCUT2D eigenvalue weighted by molar-refractivity contribution is -0.133. The zero-order valence-electron chi connectivity index (χ0n) is 15.0. The lowest BCUT2D eigenvalue weighted by Gasteiger charge is -2.33. The fourth-order valence-electron chi connectivity index (χ4n) is 4.30. The Balaban J connectivity index is 0.00000196. The molecule has 0 bridgehead atoms. The Bertz CT molecular complexity index is 692. The summed E-state index contributed by atoms with van der Waals surface area (Å²) < 4.78 is 5.28. The molecule has 3 amide bonds. The van der Waals surface area contributed by atoms with E-state index in [1.165, 1.54) is 4.90 Å². The van der Waals surface area contributed by atoms with E-state index < -0.39 is 11.1 Å². The Morgan fingerprint density at radius 2 is 1.88 bits per heavy atom. The molecular formula is C17H26ClN5O3. The molecule has 144 valence electrons. The number of aromatic nitrogens is 2. The Labute approximate surface area is 158 Å². The standard InChI is InChI=1S/C17H25N5O3.ClH/c1-11-4-8-17(9-5-11)14(23)22(15(24)20-17)10-12-19-13(21-25-12)16(18)6-2-3-7-16;/h11H,2-10,18H2,1H3,(H,20,24);1H. The van der Waals surface area contributed by atoms with Gasteiger partial charge in [-0.15, -0.1) is 12.4 Å². The highest BCUT2D eigenvalue weighted by Crippen LogP contribution is 2.37. The Morgan fingerprint density at radius 3 is 2.54 bits per heavy atom. The molecule has 8 nitrogen and oxygen atoms in total. The molecule has 0 atom stereocenters. The van der Waals surface area contributed by atoms with Crippen molar-refractivity contribution in [3.8, 4) is 0 Å². The summed E-state index contributed by atoms with van der Waals surface area (Å²) in [5.41, 5.74) is 5.05. The predicted octanol–water partition coefficient (Wildman–Crippen LogP) is 2.22. The summed E-state index contributed by atoms with van der Waals surface area (Å²) in [7, 11) is 0. The summed E-state index contributed by atoms with van der Waals surface area (Å²) in [5.74, 6) is 1.16. The van der Waals surface area contributed by atoms with Crippen molar-refractivity contribution in [2.45, 2.75) is 75.9 Å². The van der Waals surface area contributed by atoms with E-state index in [2.05, 4.69) is 22.4 Å². The van der Waals surface area contributed by atoms with Gasteiger partial charge in [0.15, 0.2) is 5.82 Å². The van der Waals surface area contributed by atoms with E-state index in [1.54, 1.807) is 0 Å². The van der Waals surface area contributed by atoms with Crippen LogP contribution in [-0.2, 0) is 16.9 Å². The van der Waals surface area contributed by atoms with Gasteiger partial charge in [-0.05, 0) is 44.4 Å². The molecule has 3 aliphatic rings. The van der Waals surface area contributed by atoms with Gasteiger partial charge in [0, 0.05) is 0 Å². The monoisotopic (exact) mass is 383 g/mol. The molecule has 0 unspecified atom stereocenters. The van der Waals surface area contributed by atoms with Gasteiger partial charge in [0.2, 0.25) is 5.89 Å². The van der Waals surface area contributed by atoms with Crippen LogP contribution in [-0.4, -0.2) is 32.5 Å². The number of urea groups is 1. The van der Waals surface area contributed by atoms with Crippen molar-refractivity contribution in [2.24, 2.45) is 11.7 Å². The van der Waals surface area contributed by atoms with Crippen molar-refractivity contribution in [1.82, 2.24) is 20.4 Å². The van der Waals surface area contributed by atoms with Gasteiger partial charge in [0.05, 0.1) is 5.54 Å². The normalized spacial score (nSPS) is 30.5. The predicted molar refractivity (Wildman–Crippen MR) is 95.3 cm³/mol. The summed E-state index contributed by atoms with van der Waals surface area (Å²) in [6.07, 6.45) is 7.03. The Kier molecular flexibility index (Phi) is 5.00. The van der Waals surface area contributed by atoms with Crippen LogP contribution in [0.3, 0.4) is 0 Å². The molecule has 4 rings (SSSR count). The molecule has 3 N–H and O–H groups in total. The van der Waals surface area contributed by atoms with Crippen LogP contribution in [0, 0.1) is 5.92 Å². The average Bonchev–Trinajstić information content (AvgIpc) is 3.28. The van der Waals surface area contributed by atoms with Crippen molar-refractivity contribution in [2.75, 3.05) is 0 Å². The number of carbonyl (C=O) groups is 2. The third-order valence-corrected chi connectivity index (χ3v) is 6.08. The highest BCUT2D eigenvalue weighted by Gasteiger charge is 2.52. The van der Waals surface area contributed by atoms with Crippen molar-refractivity contribution >= 4 is 24.3 Å². The van der Waals surface area contributed by atoms with E-state index in [1.807, 2.05) is 0 Å². The second kappa shape index (κ2) is 6.81. The highest BCUT2D eigenvalue weighted by molar-refractivity contribution is 6.06. The van der Waals surface area contributed by atoms with Gasteiger partial charge < -0.3 is 15.6 Å². The van der Waals surface area contributed by atoms with Crippen LogP contribution in [0.15, 0.2) is 4.52 Å². The van der Waals surface area contributed by atoms with Crippen LogP contribution in [0.1, 0.15) is 70.0 Å². The SMILES string of the molecule is CC1CCC2(CC1)NC(=O)N(Cc1nc(C3(N)CCCC3)no1)C2=O.Cl. The fourth-order valence-corrected chi connectivity index (χ4v) is 4.30. The van der Waals surface area contributed by atoms with Gasteiger partial charge in [0.1, 0.15) is 12.1 Å². The molecule has 1 aromatic rings. The molecule has 1 spiro atoms. The number of nitrogens with one attached hydrogen (secondary N) is 1. The van der Waals surface area contributed by atoms with E-state index in [4.69, 9.17) is 10.3 Å². The smallest absolute Gasteiger partial charge is 0.325 e. The van der Waals surface area contributed by atoms with E-state index in [0.717, 1.165) is 38.5 Å². The van der Waals surface area contributed by atoms with Crippen LogP contribution < -0.4 is 11.1 Å². The van der Waals surface area contributed by atoms with Crippen LogP contribution in [0.5, 0.6) is 0 Å². The Morgan fingerprint density at radius 1 is 1.23 bits per heavy atom. The number of nitrogens with two attached hydrogens (primary N) is 1. The van der Waals surface area contributed by atoms with E-state index in [9.17, 15) is 9.59 Å². The van der Waals surface area contributed by atoms with E-state index >= 15 is 0 Å². The molecule has 2 saturated carbocycles. The molecule has 1 aromatic heterocycles. The minimum absolute atomic E-state index is 0. The van der Waals surface area contributed by atoms with Gasteiger partial charge in [-0.25, -0.2) is 4.79 Å². The van der Waals surface area contributed by atoms with Crippen molar-refractivity contribution < 1.29 is 14.1 Å². The first kappa shape index (κ1) is 19.1. The van der Waals surface area contributed by atoms with Crippen LogP contribution >= 0.6 is 12.4 Å². The highest BCUT2D eigenvalue weighted by atomic mass is 35.5. The molecule has 26 heavy (non-hydrogen) atoms. The number of amides is 3. The minimum atomic E-state index is -0.743. The maximum Gasteiger partial charge on any atom is 0.325 e. The maximum absolute atomic E-state index is 12.9. The average molecular weight is 384 g/mol.